The van der Waals surface area contributed by atoms with Crippen molar-refractivity contribution in [1.29, 1.82) is 0 Å². The third-order valence-electron chi connectivity index (χ3n) is 5.29. The van der Waals surface area contributed by atoms with Gasteiger partial charge in [-0.3, -0.25) is 9.69 Å². The maximum atomic E-state index is 13.9. The zero-order chi connectivity index (χ0) is 21.9. The highest BCUT2D eigenvalue weighted by molar-refractivity contribution is 6.30. The molecule has 30 heavy (non-hydrogen) atoms. The number of aliphatic carboxylic acids is 1. The summed E-state index contributed by atoms with van der Waals surface area (Å²) in [5.74, 6) is -1.16. The van der Waals surface area contributed by atoms with Crippen LogP contribution in [0.15, 0.2) is 42.5 Å². The van der Waals surface area contributed by atoms with E-state index in [0.717, 1.165) is 6.07 Å². The molecular weight excluding hydrogens is 419 g/mol. The molecule has 0 spiro atoms. The number of likely N-dealkylation sites (tertiary alicyclic amines) is 1. The SMILES string of the molecule is CCOc1ccc(Cl)cc1C(c1ccccc1C(F)(F)F)N1CCCC(C(=O)O)C1. The number of benzene rings is 2. The number of piperidine rings is 1. The van der Waals surface area contributed by atoms with Crippen LogP contribution >= 0.6 is 11.6 Å². The van der Waals surface area contributed by atoms with Gasteiger partial charge in [0.25, 0.3) is 0 Å². The number of hydrogen-bond acceptors (Lipinski definition) is 3. The number of alkyl halides is 3. The molecule has 2 atom stereocenters. The molecule has 1 heterocycles. The van der Waals surface area contributed by atoms with E-state index < -0.39 is 29.7 Å². The first kappa shape index (κ1) is 22.4. The Morgan fingerprint density at radius 3 is 2.67 bits per heavy atom. The van der Waals surface area contributed by atoms with Crippen LogP contribution in [0.1, 0.15) is 42.5 Å². The van der Waals surface area contributed by atoms with E-state index in [4.69, 9.17) is 16.3 Å². The minimum atomic E-state index is -4.55. The lowest BCUT2D eigenvalue weighted by molar-refractivity contribution is -0.144. The van der Waals surface area contributed by atoms with Gasteiger partial charge in [0.15, 0.2) is 0 Å². The van der Waals surface area contributed by atoms with Crippen molar-refractivity contribution in [2.24, 2.45) is 5.92 Å². The summed E-state index contributed by atoms with van der Waals surface area (Å²) in [5.41, 5.74) is -0.207. The fourth-order valence-electron chi connectivity index (χ4n) is 4.02. The Balaban J connectivity index is 2.19. The Bertz CT molecular complexity index is 903. The molecule has 1 saturated heterocycles. The Kier molecular flexibility index (Phi) is 6.93. The van der Waals surface area contributed by atoms with Crippen molar-refractivity contribution in [3.63, 3.8) is 0 Å². The smallest absolute Gasteiger partial charge is 0.416 e. The highest BCUT2D eigenvalue weighted by Gasteiger charge is 2.39. The second kappa shape index (κ2) is 9.27. The Hall–Kier alpha value is -2.25. The van der Waals surface area contributed by atoms with Gasteiger partial charge in [-0.25, -0.2) is 0 Å². The van der Waals surface area contributed by atoms with Crippen LogP contribution in [-0.4, -0.2) is 35.7 Å². The van der Waals surface area contributed by atoms with Crippen molar-refractivity contribution in [2.45, 2.75) is 32.0 Å². The molecule has 0 amide bonds. The van der Waals surface area contributed by atoms with Gasteiger partial charge in [0, 0.05) is 17.1 Å². The van der Waals surface area contributed by atoms with Crippen LogP contribution < -0.4 is 4.74 Å². The Morgan fingerprint density at radius 2 is 2.00 bits per heavy atom. The van der Waals surface area contributed by atoms with E-state index in [1.807, 2.05) is 0 Å². The first-order valence-electron chi connectivity index (χ1n) is 9.77. The van der Waals surface area contributed by atoms with Gasteiger partial charge >= 0.3 is 12.1 Å². The number of carboxylic acid groups (broad SMARTS) is 1. The average molecular weight is 442 g/mol. The molecule has 2 aromatic carbocycles. The zero-order valence-corrected chi connectivity index (χ0v) is 17.2. The lowest BCUT2D eigenvalue weighted by atomic mass is 9.88. The second-order valence-electron chi connectivity index (χ2n) is 7.28. The third-order valence-corrected chi connectivity index (χ3v) is 5.53. The molecule has 0 aliphatic carbocycles. The van der Waals surface area contributed by atoms with Crippen molar-refractivity contribution in [3.8, 4) is 5.75 Å². The minimum Gasteiger partial charge on any atom is -0.494 e. The minimum absolute atomic E-state index is 0.0549. The molecule has 0 bridgehead atoms. The van der Waals surface area contributed by atoms with Crippen LogP contribution in [0.2, 0.25) is 5.02 Å². The second-order valence-corrected chi connectivity index (χ2v) is 7.71. The molecule has 162 valence electrons. The summed E-state index contributed by atoms with van der Waals surface area (Å²) in [7, 11) is 0. The van der Waals surface area contributed by atoms with Gasteiger partial charge in [-0.1, -0.05) is 29.8 Å². The number of ether oxygens (including phenoxy) is 1. The quantitative estimate of drug-likeness (QED) is 0.630. The molecule has 0 radical (unpaired) electrons. The molecule has 1 aliphatic rings. The number of halogens is 4. The Morgan fingerprint density at radius 1 is 1.27 bits per heavy atom. The topological polar surface area (TPSA) is 49.8 Å². The fraction of sp³-hybridized carbons (Fsp3) is 0.409. The van der Waals surface area contributed by atoms with Gasteiger partial charge in [0.05, 0.1) is 24.1 Å². The lowest BCUT2D eigenvalue weighted by Gasteiger charge is -2.39. The molecule has 8 heteroatoms. The van der Waals surface area contributed by atoms with E-state index in [1.54, 1.807) is 36.1 Å². The van der Waals surface area contributed by atoms with Crippen molar-refractivity contribution in [1.82, 2.24) is 4.90 Å². The van der Waals surface area contributed by atoms with Crippen LogP contribution in [0.25, 0.3) is 0 Å². The molecule has 2 aromatic rings. The maximum Gasteiger partial charge on any atom is 0.416 e. The van der Waals surface area contributed by atoms with E-state index in [9.17, 15) is 23.1 Å². The van der Waals surface area contributed by atoms with Crippen LogP contribution in [-0.2, 0) is 11.0 Å². The summed E-state index contributed by atoms with van der Waals surface area (Å²) in [6.45, 7) is 2.74. The third kappa shape index (κ3) is 4.90. The Labute approximate surface area is 178 Å². The standard InChI is InChI=1S/C22H23ClF3NO3/c1-2-30-19-10-9-15(23)12-17(19)20(27-11-5-6-14(13-27)21(28)29)16-7-3-4-8-18(16)22(24,25)26/h3-4,7-10,12,14,20H,2,5-6,11,13H2,1H3,(H,28,29). The molecule has 3 rings (SSSR count). The van der Waals surface area contributed by atoms with Crippen LogP contribution in [0.5, 0.6) is 5.75 Å². The molecule has 1 fully saturated rings. The van der Waals surface area contributed by atoms with Crippen LogP contribution in [0.4, 0.5) is 13.2 Å². The predicted octanol–water partition coefficient (Wildman–Crippen LogP) is 5.64. The maximum absolute atomic E-state index is 13.9. The summed E-state index contributed by atoms with van der Waals surface area (Å²) in [6, 6.07) is 9.42. The van der Waals surface area contributed by atoms with Gasteiger partial charge in [-0.05, 0) is 56.1 Å². The monoisotopic (exact) mass is 441 g/mol. The molecule has 0 aromatic heterocycles. The molecule has 1 N–H and O–H groups in total. The van der Waals surface area contributed by atoms with Crippen LogP contribution in [0.3, 0.4) is 0 Å². The fourth-order valence-corrected chi connectivity index (χ4v) is 4.20. The largest absolute Gasteiger partial charge is 0.494 e. The average Bonchev–Trinajstić information content (AvgIpc) is 2.70. The number of carbonyl (C=O) groups is 1. The first-order chi connectivity index (χ1) is 14.2. The summed E-state index contributed by atoms with van der Waals surface area (Å²) in [5, 5.41) is 9.86. The van der Waals surface area contributed by atoms with E-state index in [1.165, 1.54) is 12.1 Å². The molecule has 4 nitrogen and oxygen atoms in total. The van der Waals surface area contributed by atoms with E-state index in [2.05, 4.69) is 0 Å². The number of hydrogen-bond donors (Lipinski definition) is 1. The molecule has 2 unspecified atom stereocenters. The summed E-state index contributed by atoms with van der Waals surface area (Å²) >= 11 is 6.21. The summed E-state index contributed by atoms with van der Waals surface area (Å²) in [6.07, 6.45) is -3.49. The van der Waals surface area contributed by atoms with Crippen LogP contribution in [0, 0.1) is 5.92 Å². The molecule has 0 saturated carbocycles. The number of carboxylic acids is 1. The van der Waals surface area contributed by atoms with Gasteiger partial charge in [0.2, 0.25) is 0 Å². The number of rotatable bonds is 6. The number of nitrogens with zero attached hydrogens (tertiary/aromatic N) is 1. The molecular formula is C22H23ClF3NO3. The summed E-state index contributed by atoms with van der Waals surface area (Å²) in [4.78, 5) is 13.4. The normalized spacial score (nSPS) is 18.8. The van der Waals surface area contributed by atoms with Gasteiger partial charge in [-0.2, -0.15) is 13.2 Å². The van der Waals surface area contributed by atoms with Gasteiger partial charge in [-0.15, -0.1) is 0 Å². The van der Waals surface area contributed by atoms with Gasteiger partial charge in [0.1, 0.15) is 5.75 Å². The van der Waals surface area contributed by atoms with Crippen molar-refractivity contribution >= 4 is 17.6 Å². The molecule has 1 aliphatic heterocycles. The van der Waals surface area contributed by atoms with Crippen molar-refractivity contribution in [3.05, 3.63) is 64.2 Å². The van der Waals surface area contributed by atoms with Crippen molar-refractivity contribution < 1.29 is 27.8 Å². The van der Waals surface area contributed by atoms with E-state index >= 15 is 0 Å². The first-order valence-corrected chi connectivity index (χ1v) is 10.2. The predicted molar refractivity (Wildman–Crippen MR) is 108 cm³/mol. The van der Waals surface area contributed by atoms with Crippen molar-refractivity contribution in [2.75, 3.05) is 19.7 Å². The highest BCUT2D eigenvalue weighted by Crippen LogP contribution is 2.43. The zero-order valence-electron chi connectivity index (χ0n) is 16.5. The lowest BCUT2D eigenvalue weighted by Crippen LogP contribution is -2.42. The highest BCUT2D eigenvalue weighted by atomic mass is 35.5. The summed E-state index contributed by atoms with van der Waals surface area (Å²) < 4.78 is 47.3. The van der Waals surface area contributed by atoms with E-state index in [0.29, 0.717) is 42.3 Å². The van der Waals surface area contributed by atoms with Gasteiger partial charge < -0.3 is 9.84 Å². The van der Waals surface area contributed by atoms with E-state index in [-0.39, 0.29) is 12.1 Å².